The third kappa shape index (κ3) is 5.14. The Morgan fingerprint density at radius 1 is 0.545 bits per heavy atom. The summed E-state index contributed by atoms with van der Waals surface area (Å²) in [6.45, 7) is 0. The summed E-state index contributed by atoms with van der Waals surface area (Å²) < 4.78 is 48.0. The lowest BCUT2D eigenvalue weighted by Crippen LogP contribution is -1.92. The van der Waals surface area contributed by atoms with Gasteiger partial charge in [-0.25, -0.2) is 16.8 Å². The fourth-order valence-corrected chi connectivity index (χ4v) is 16.4. The van der Waals surface area contributed by atoms with E-state index >= 15 is 0 Å². The predicted octanol–water partition coefficient (Wildman–Crippen LogP) is 4.44. The number of benzene rings is 2. The highest BCUT2D eigenvalue weighted by Crippen LogP contribution is 2.50. The molecule has 0 aromatic heterocycles. The maximum absolute atomic E-state index is 12.0. The van der Waals surface area contributed by atoms with Crippen molar-refractivity contribution in [1.29, 1.82) is 0 Å². The molecule has 0 spiro atoms. The van der Waals surface area contributed by atoms with E-state index in [0.717, 1.165) is 19.7 Å². The molecule has 0 aliphatic carbocycles. The molecular formula is C12H10O4S6. The summed E-state index contributed by atoms with van der Waals surface area (Å²) in [6, 6.07) is 16.0. The lowest BCUT2D eigenvalue weighted by Gasteiger charge is -2.03. The Kier molecular flexibility index (Phi) is 6.59. The van der Waals surface area contributed by atoms with E-state index in [1.54, 1.807) is 36.4 Å². The zero-order valence-corrected chi connectivity index (χ0v) is 15.8. The molecule has 0 unspecified atom stereocenters. The van der Waals surface area contributed by atoms with Gasteiger partial charge >= 0.3 is 0 Å². The molecule has 0 atom stereocenters. The average Bonchev–Trinajstić information content (AvgIpc) is 2.53. The van der Waals surface area contributed by atoms with E-state index in [2.05, 4.69) is 0 Å². The summed E-state index contributed by atoms with van der Waals surface area (Å²) in [5, 5.41) is 0. The van der Waals surface area contributed by atoms with Gasteiger partial charge < -0.3 is 0 Å². The SMILES string of the molecule is O=S(=O)(SSSSS(=O)(=O)c1ccccc1)c1ccccc1. The summed E-state index contributed by atoms with van der Waals surface area (Å²) >= 11 is 0. The molecule has 0 fully saturated rings. The van der Waals surface area contributed by atoms with Crippen molar-refractivity contribution in [1.82, 2.24) is 0 Å². The molecule has 2 aromatic rings. The van der Waals surface area contributed by atoms with Crippen LogP contribution in [-0.4, -0.2) is 16.8 Å². The van der Waals surface area contributed by atoms with E-state index in [-0.39, 0.29) is 9.79 Å². The molecule has 0 aliphatic heterocycles. The summed E-state index contributed by atoms with van der Waals surface area (Å²) in [5.74, 6) is 0. The second kappa shape index (κ2) is 8.02. The van der Waals surface area contributed by atoms with E-state index in [1.165, 1.54) is 24.3 Å². The van der Waals surface area contributed by atoms with Crippen LogP contribution in [0, 0.1) is 0 Å². The lowest BCUT2D eigenvalue weighted by molar-refractivity contribution is 0.609. The van der Waals surface area contributed by atoms with Crippen LogP contribution >= 0.6 is 39.3 Å². The Balaban J connectivity index is 1.90. The maximum atomic E-state index is 12.0. The fourth-order valence-electron chi connectivity index (χ4n) is 1.35. The summed E-state index contributed by atoms with van der Waals surface area (Å²) in [4.78, 5) is 0.396. The normalized spacial score (nSPS) is 12.2. The lowest BCUT2D eigenvalue weighted by atomic mass is 10.4. The smallest absolute Gasteiger partial charge is 0.211 e. The quantitative estimate of drug-likeness (QED) is 0.490. The van der Waals surface area contributed by atoms with E-state index < -0.39 is 17.7 Å². The van der Waals surface area contributed by atoms with E-state index in [1.807, 2.05) is 0 Å². The van der Waals surface area contributed by atoms with Gasteiger partial charge in [0.05, 0.1) is 29.4 Å². The average molecular weight is 411 g/mol. The molecule has 4 nitrogen and oxygen atoms in total. The van der Waals surface area contributed by atoms with Crippen LogP contribution in [0.25, 0.3) is 0 Å². The van der Waals surface area contributed by atoms with Gasteiger partial charge in [-0.3, -0.25) is 0 Å². The van der Waals surface area contributed by atoms with Crippen LogP contribution in [-0.2, 0) is 17.7 Å². The van der Waals surface area contributed by atoms with Crippen molar-refractivity contribution >= 4 is 57.0 Å². The van der Waals surface area contributed by atoms with Crippen LogP contribution in [0.2, 0.25) is 0 Å². The molecule has 2 aromatic carbocycles. The largest absolute Gasteiger partial charge is 0.240 e. The van der Waals surface area contributed by atoms with Crippen molar-refractivity contribution in [2.45, 2.75) is 9.79 Å². The van der Waals surface area contributed by atoms with Crippen LogP contribution in [0.5, 0.6) is 0 Å². The Labute approximate surface area is 143 Å². The first-order valence-corrected chi connectivity index (χ1v) is 14.5. The first-order valence-electron chi connectivity index (χ1n) is 5.73. The second-order valence-corrected chi connectivity index (χ2v) is 16.3. The zero-order valence-electron chi connectivity index (χ0n) is 10.9. The van der Waals surface area contributed by atoms with Gasteiger partial charge in [-0.1, -0.05) is 36.4 Å². The highest BCUT2D eigenvalue weighted by atomic mass is 33.9. The number of hydrogen-bond donors (Lipinski definition) is 0. The number of hydrogen-bond acceptors (Lipinski definition) is 8. The van der Waals surface area contributed by atoms with Gasteiger partial charge in [0.2, 0.25) is 17.7 Å². The molecule has 0 bridgehead atoms. The molecular weight excluding hydrogens is 401 g/mol. The Morgan fingerprint density at radius 2 is 0.864 bits per heavy atom. The number of rotatable bonds is 7. The minimum Gasteiger partial charge on any atom is -0.211 e. The van der Waals surface area contributed by atoms with Gasteiger partial charge in [-0.05, 0) is 24.3 Å². The molecule has 0 saturated carbocycles. The van der Waals surface area contributed by atoms with E-state index in [9.17, 15) is 16.8 Å². The fraction of sp³-hybridized carbons (Fsp3) is 0. The van der Waals surface area contributed by atoms with Gasteiger partial charge in [-0.2, -0.15) is 0 Å². The van der Waals surface area contributed by atoms with E-state index in [4.69, 9.17) is 0 Å². The van der Waals surface area contributed by atoms with Gasteiger partial charge in [0, 0.05) is 19.7 Å². The summed E-state index contributed by atoms with van der Waals surface area (Å²) in [7, 11) is -3.90. The maximum Gasteiger partial charge on any atom is 0.240 e. The van der Waals surface area contributed by atoms with Crippen LogP contribution in [0.3, 0.4) is 0 Å². The van der Waals surface area contributed by atoms with Crippen molar-refractivity contribution in [2.75, 3.05) is 0 Å². The van der Waals surface area contributed by atoms with Crippen LogP contribution in [0.4, 0.5) is 0 Å². The third-order valence-corrected chi connectivity index (χ3v) is 16.5. The second-order valence-electron chi connectivity index (χ2n) is 3.81. The molecule has 22 heavy (non-hydrogen) atoms. The molecule has 10 heteroatoms. The van der Waals surface area contributed by atoms with E-state index in [0.29, 0.717) is 19.7 Å². The van der Waals surface area contributed by atoms with Crippen molar-refractivity contribution in [3.63, 3.8) is 0 Å². The Bertz CT molecular complexity index is 732. The molecule has 0 aliphatic rings. The van der Waals surface area contributed by atoms with Gasteiger partial charge in [0.15, 0.2) is 0 Å². The minimum atomic E-state index is -3.49. The molecule has 0 radical (unpaired) electrons. The minimum absolute atomic E-state index is 0.198. The van der Waals surface area contributed by atoms with Crippen molar-refractivity contribution in [2.24, 2.45) is 0 Å². The Hall–Kier alpha value is -0.260. The summed E-state index contributed by atoms with van der Waals surface area (Å²) in [5.41, 5.74) is 0. The third-order valence-electron chi connectivity index (χ3n) is 2.33. The summed E-state index contributed by atoms with van der Waals surface area (Å²) in [6.07, 6.45) is 0. The molecule has 0 amide bonds. The Morgan fingerprint density at radius 3 is 1.18 bits per heavy atom. The topological polar surface area (TPSA) is 68.3 Å². The van der Waals surface area contributed by atoms with Crippen LogP contribution < -0.4 is 0 Å². The highest BCUT2D eigenvalue weighted by Gasteiger charge is 2.19. The van der Waals surface area contributed by atoms with Gasteiger partial charge in [0.25, 0.3) is 0 Å². The molecule has 0 heterocycles. The predicted molar refractivity (Wildman–Crippen MR) is 97.6 cm³/mol. The van der Waals surface area contributed by atoms with Gasteiger partial charge in [-0.15, -0.1) is 0 Å². The van der Waals surface area contributed by atoms with Crippen LogP contribution in [0.15, 0.2) is 70.5 Å². The van der Waals surface area contributed by atoms with Crippen molar-refractivity contribution in [3.8, 4) is 0 Å². The zero-order chi connectivity index (χ0) is 16.1. The van der Waals surface area contributed by atoms with Crippen molar-refractivity contribution in [3.05, 3.63) is 60.7 Å². The highest BCUT2D eigenvalue weighted by molar-refractivity contribution is 9.40. The molecule has 0 saturated heterocycles. The molecule has 0 N–H and O–H groups in total. The standard InChI is InChI=1S/C12H10O4S6/c13-21(14,11-7-3-1-4-8-11)19-17-18-20-22(15,16)12-9-5-2-6-10-12/h1-10H. The van der Waals surface area contributed by atoms with Gasteiger partial charge in [0.1, 0.15) is 0 Å². The van der Waals surface area contributed by atoms with Crippen molar-refractivity contribution < 1.29 is 16.8 Å². The monoisotopic (exact) mass is 410 g/mol. The first kappa shape index (κ1) is 18.1. The van der Waals surface area contributed by atoms with Crippen LogP contribution in [0.1, 0.15) is 0 Å². The molecule has 118 valence electrons. The molecule has 2 rings (SSSR count). The first-order chi connectivity index (χ1) is 10.4.